The van der Waals surface area contributed by atoms with Crippen LogP contribution in [0.3, 0.4) is 0 Å². The van der Waals surface area contributed by atoms with E-state index in [0.29, 0.717) is 25.4 Å². The molecule has 2 aromatic carbocycles. The number of hydrogen-bond acceptors (Lipinski definition) is 3. The first kappa shape index (κ1) is 22.3. The van der Waals surface area contributed by atoms with Gasteiger partial charge in [-0.2, -0.15) is 13.2 Å². The summed E-state index contributed by atoms with van der Waals surface area (Å²) in [5.74, 6) is 0.625. The topological polar surface area (TPSA) is 51.5 Å². The Kier molecular flexibility index (Phi) is 5.67. The van der Waals surface area contributed by atoms with Crippen LogP contribution in [-0.2, 0) is 17.5 Å². The lowest BCUT2D eigenvalue weighted by molar-refractivity contribution is -0.137. The number of piperidine rings is 1. The van der Waals surface area contributed by atoms with E-state index < -0.39 is 11.7 Å². The van der Waals surface area contributed by atoms with Crippen LogP contribution in [0.25, 0.3) is 11.1 Å². The molecule has 2 atom stereocenters. The summed E-state index contributed by atoms with van der Waals surface area (Å²) in [6.45, 7) is 1.38. The van der Waals surface area contributed by atoms with Crippen molar-refractivity contribution < 1.29 is 22.7 Å². The van der Waals surface area contributed by atoms with Crippen LogP contribution in [-0.4, -0.2) is 35.1 Å². The molecule has 3 heterocycles. The van der Waals surface area contributed by atoms with Gasteiger partial charge in [-0.25, -0.2) is 0 Å². The molecule has 0 unspecified atom stereocenters. The number of likely N-dealkylation sites (tertiary alicyclic amines) is 1. The number of fused-ring (bicyclic) bond motifs is 4. The van der Waals surface area contributed by atoms with Crippen molar-refractivity contribution in [1.29, 1.82) is 0 Å². The van der Waals surface area contributed by atoms with Gasteiger partial charge in [0, 0.05) is 36.8 Å². The van der Waals surface area contributed by atoms with Crippen LogP contribution >= 0.6 is 0 Å². The molecule has 176 valence electrons. The summed E-state index contributed by atoms with van der Waals surface area (Å²) in [6, 6.07) is 17.4. The summed E-state index contributed by atoms with van der Waals surface area (Å²) in [6.07, 6.45) is -3.61. The maximum absolute atomic E-state index is 13.3. The largest absolute Gasteiger partial charge is 0.484 e. The van der Waals surface area contributed by atoms with E-state index in [-0.39, 0.29) is 41.0 Å². The van der Waals surface area contributed by atoms with Gasteiger partial charge in [0.05, 0.1) is 5.56 Å². The van der Waals surface area contributed by atoms with E-state index in [1.807, 2.05) is 24.3 Å². The molecule has 0 radical (unpaired) electrons. The molecule has 2 bridgehead atoms. The molecule has 2 aliphatic rings. The van der Waals surface area contributed by atoms with Gasteiger partial charge in [-0.05, 0) is 54.3 Å². The molecule has 2 aliphatic heterocycles. The molecule has 5 rings (SSSR count). The fourth-order valence-corrected chi connectivity index (χ4v) is 4.99. The molecule has 0 aliphatic carbocycles. The second-order valence-electron chi connectivity index (χ2n) is 8.87. The zero-order valence-corrected chi connectivity index (χ0v) is 18.3. The summed E-state index contributed by atoms with van der Waals surface area (Å²) in [5.41, 5.74) is 0.243. The van der Waals surface area contributed by atoms with Crippen molar-refractivity contribution in [3.05, 3.63) is 88.3 Å². The number of hydrogen-bond donors (Lipinski definition) is 0. The predicted octanol–water partition coefficient (Wildman–Crippen LogP) is 4.56. The van der Waals surface area contributed by atoms with Gasteiger partial charge in [-0.15, -0.1) is 0 Å². The first-order chi connectivity index (χ1) is 16.3. The number of pyridine rings is 1. The van der Waals surface area contributed by atoms with E-state index in [1.165, 1.54) is 12.1 Å². The Labute approximate surface area is 194 Å². The van der Waals surface area contributed by atoms with Crippen LogP contribution in [0.1, 0.15) is 23.6 Å². The molecule has 0 N–H and O–H groups in total. The maximum atomic E-state index is 13.3. The van der Waals surface area contributed by atoms with Gasteiger partial charge in [-0.3, -0.25) is 9.59 Å². The Morgan fingerprint density at radius 1 is 0.971 bits per heavy atom. The van der Waals surface area contributed by atoms with Crippen molar-refractivity contribution in [2.24, 2.45) is 5.92 Å². The van der Waals surface area contributed by atoms with Crippen LogP contribution in [0.5, 0.6) is 5.75 Å². The van der Waals surface area contributed by atoms with Crippen molar-refractivity contribution in [3.8, 4) is 16.9 Å². The number of ether oxygens (including phenoxy) is 1. The Hall–Kier alpha value is -3.55. The van der Waals surface area contributed by atoms with Crippen LogP contribution in [0.15, 0.2) is 71.5 Å². The quantitative estimate of drug-likeness (QED) is 0.564. The molecule has 1 fully saturated rings. The van der Waals surface area contributed by atoms with Crippen LogP contribution in [0, 0.1) is 5.92 Å². The minimum Gasteiger partial charge on any atom is -0.484 e. The number of aromatic nitrogens is 1. The lowest BCUT2D eigenvalue weighted by Crippen LogP contribution is -2.50. The van der Waals surface area contributed by atoms with E-state index >= 15 is 0 Å². The first-order valence-corrected chi connectivity index (χ1v) is 11.2. The molecule has 0 saturated carbocycles. The standard InChI is InChI=1S/C26H23F3N2O3/c27-26(28,29)20-6-4-5-18(12-20)22-9-10-23-19-11-17(14-31(23)25(22)33)13-30(15-19)24(32)16-34-21-7-2-1-3-8-21/h1-10,12,17,19H,11,13-16H2/t17-,19+/m0/s1. The monoisotopic (exact) mass is 468 g/mol. The highest BCUT2D eigenvalue weighted by Crippen LogP contribution is 2.36. The van der Waals surface area contributed by atoms with Gasteiger partial charge in [0.15, 0.2) is 6.61 Å². The smallest absolute Gasteiger partial charge is 0.416 e. The molecule has 3 aromatic rings. The van der Waals surface area contributed by atoms with Crippen molar-refractivity contribution in [3.63, 3.8) is 0 Å². The molecule has 1 amide bonds. The molecular weight excluding hydrogens is 445 g/mol. The minimum atomic E-state index is -4.47. The van der Waals surface area contributed by atoms with E-state index in [9.17, 15) is 22.8 Å². The van der Waals surface area contributed by atoms with E-state index in [2.05, 4.69) is 0 Å². The fraction of sp³-hybridized carbons (Fsp3) is 0.308. The molecule has 0 spiro atoms. The molecule has 1 aromatic heterocycles. The van der Waals surface area contributed by atoms with Crippen molar-refractivity contribution in [1.82, 2.24) is 9.47 Å². The number of carbonyl (C=O) groups excluding carboxylic acids is 1. The summed E-state index contributed by atoms with van der Waals surface area (Å²) >= 11 is 0. The third kappa shape index (κ3) is 4.32. The molecule has 34 heavy (non-hydrogen) atoms. The molecular formula is C26H23F3N2O3. The number of amides is 1. The normalized spacial score (nSPS) is 19.4. The van der Waals surface area contributed by atoms with Gasteiger partial charge >= 0.3 is 6.18 Å². The maximum Gasteiger partial charge on any atom is 0.416 e. The summed E-state index contributed by atoms with van der Waals surface area (Å²) in [5, 5.41) is 0. The zero-order chi connectivity index (χ0) is 23.9. The highest BCUT2D eigenvalue weighted by molar-refractivity contribution is 5.78. The SMILES string of the molecule is O=C(COc1ccccc1)N1C[C@@H]2C[C@H](C1)c1ccc(-c3cccc(C(F)(F)F)c3)c(=O)n1C2. The minimum absolute atomic E-state index is 0.00330. The third-order valence-corrected chi connectivity index (χ3v) is 6.56. The Balaban J connectivity index is 1.36. The molecule has 1 saturated heterocycles. The Morgan fingerprint density at radius 3 is 2.53 bits per heavy atom. The summed E-state index contributed by atoms with van der Waals surface area (Å²) in [7, 11) is 0. The number of carbonyl (C=O) groups is 1. The molecule has 8 heteroatoms. The molecule has 5 nitrogen and oxygen atoms in total. The number of nitrogens with zero attached hydrogens (tertiary/aromatic N) is 2. The number of para-hydroxylation sites is 1. The van der Waals surface area contributed by atoms with Gasteiger partial charge in [-0.1, -0.05) is 30.3 Å². The van der Waals surface area contributed by atoms with Gasteiger partial charge < -0.3 is 14.2 Å². The average Bonchev–Trinajstić information content (AvgIpc) is 2.83. The Bertz CT molecular complexity index is 1270. The number of alkyl halides is 3. The van der Waals surface area contributed by atoms with Gasteiger partial charge in [0.25, 0.3) is 11.5 Å². The highest BCUT2D eigenvalue weighted by atomic mass is 19.4. The lowest BCUT2D eigenvalue weighted by atomic mass is 9.82. The zero-order valence-electron chi connectivity index (χ0n) is 18.3. The van der Waals surface area contributed by atoms with Gasteiger partial charge in [0.1, 0.15) is 5.75 Å². The average molecular weight is 468 g/mol. The third-order valence-electron chi connectivity index (χ3n) is 6.56. The predicted molar refractivity (Wildman–Crippen MR) is 121 cm³/mol. The number of benzene rings is 2. The fourth-order valence-electron chi connectivity index (χ4n) is 4.99. The van der Waals surface area contributed by atoms with Crippen LogP contribution in [0.4, 0.5) is 13.2 Å². The van der Waals surface area contributed by atoms with Crippen LogP contribution < -0.4 is 10.3 Å². The number of rotatable bonds is 4. The first-order valence-electron chi connectivity index (χ1n) is 11.2. The second kappa shape index (κ2) is 8.66. The van der Waals surface area contributed by atoms with Crippen LogP contribution in [0.2, 0.25) is 0 Å². The summed E-state index contributed by atoms with van der Waals surface area (Å²) < 4.78 is 46.7. The van der Waals surface area contributed by atoms with Crippen molar-refractivity contribution in [2.75, 3.05) is 19.7 Å². The highest BCUT2D eigenvalue weighted by Gasteiger charge is 2.37. The van der Waals surface area contributed by atoms with Gasteiger partial charge in [0.2, 0.25) is 0 Å². The Morgan fingerprint density at radius 2 is 1.76 bits per heavy atom. The van der Waals surface area contributed by atoms with E-state index in [0.717, 1.165) is 24.2 Å². The number of halogens is 3. The van der Waals surface area contributed by atoms with Crippen molar-refractivity contribution >= 4 is 5.91 Å². The van der Waals surface area contributed by atoms with E-state index in [4.69, 9.17) is 4.74 Å². The van der Waals surface area contributed by atoms with Crippen molar-refractivity contribution in [2.45, 2.75) is 25.1 Å². The summed E-state index contributed by atoms with van der Waals surface area (Å²) in [4.78, 5) is 27.8. The lowest BCUT2D eigenvalue weighted by Gasteiger charge is -2.42. The van der Waals surface area contributed by atoms with E-state index in [1.54, 1.807) is 27.7 Å². The second-order valence-corrected chi connectivity index (χ2v) is 8.87.